The summed E-state index contributed by atoms with van der Waals surface area (Å²) in [7, 11) is 0. The molecule has 1 aliphatic carbocycles. The SMILES string of the molecule is CC1=C(C)C(C)(C)[C]([Hf+2][N](c2ccccc2)c2ccccc2)=C1C.[Cl-].[Cl-]. The average molecular weight is 553 g/mol. The molecule has 0 aromatic heterocycles. The summed E-state index contributed by atoms with van der Waals surface area (Å²) in [6.45, 7) is 11.7. The fourth-order valence-electron chi connectivity index (χ4n) is 3.36. The Morgan fingerprint density at radius 3 is 1.46 bits per heavy atom. The molecule has 26 heavy (non-hydrogen) atoms. The topological polar surface area (TPSA) is 3.24 Å². The van der Waals surface area contributed by atoms with Gasteiger partial charge in [0.25, 0.3) is 0 Å². The Morgan fingerprint density at radius 1 is 0.692 bits per heavy atom. The van der Waals surface area contributed by atoms with E-state index in [0.29, 0.717) is 0 Å². The molecule has 0 saturated heterocycles. The van der Waals surface area contributed by atoms with Crippen LogP contribution in [-0.4, -0.2) is 0 Å². The summed E-state index contributed by atoms with van der Waals surface area (Å²) in [6, 6.07) is 21.7. The van der Waals surface area contributed by atoms with E-state index in [2.05, 4.69) is 98.2 Å². The molecule has 0 heterocycles. The van der Waals surface area contributed by atoms with Crippen molar-refractivity contribution in [1.82, 2.24) is 0 Å². The summed E-state index contributed by atoms with van der Waals surface area (Å²) in [4.78, 5) is 0. The largest absolute Gasteiger partial charge is 1.00 e. The van der Waals surface area contributed by atoms with Gasteiger partial charge in [-0.3, -0.25) is 0 Å². The van der Waals surface area contributed by atoms with Gasteiger partial charge < -0.3 is 24.8 Å². The number of allylic oxidation sites excluding steroid dienone is 4. The second-order valence-electron chi connectivity index (χ2n) is 6.99. The third kappa shape index (κ3) is 4.35. The number of para-hydroxylation sites is 2. The molecule has 1 aliphatic rings. The van der Waals surface area contributed by atoms with E-state index in [1.165, 1.54) is 22.5 Å². The molecule has 1 nitrogen and oxygen atoms in total. The van der Waals surface area contributed by atoms with Gasteiger partial charge in [-0.2, -0.15) is 0 Å². The molecule has 0 radical (unpaired) electrons. The monoisotopic (exact) mass is 553 g/mol. The standard InChI is InChI=1S/C12H10N.C10H15.2ClH.Hf/c1-3-7-11(8-4-1)13-12-9-5-2-6-10-12;1-7-6-10(4,5)9(3)8(7)2;;;/h1-10H;1-5H3;2*1H;/q-1;;;;+3/p-2. The summed E-state index contributed by atoms with van der Waals surface area (Å²) >= 11 is -1.26. The maximum atomic E-state index is 2.62. The first-order valence-electron chi connectivity index (χ1n) is 8.49. The van der Waals surface area contributed by atoms with E-state index in [0.717, 1.165) is 0 Å². The van der Waals surface area contributed by atoms with Crippen molar-refractivity contribution in [3.8, 4) is 0 Å². The molecule has 0 amide bonds. The van der Waals surface area contributed by atoms with E-state index in [1.54, 1.807) is 8.90 Å². The number of hydrogen-bond acceptors (Lipinski definition) is 1. The summed E-state index contributed by atoms with van der Waals surface area (Å²) in [5, 5.41) is 0. The van der Waals surface area contributed by atoms with Crippen LogP contribution in [0, 0.1) is 5.41 Å². The molecule has 2 aromatic rings. The maximum absolute atomic E-state index is 2.62. The van der Waals surface area contributed by atoms with Gasteiger partial charge in [-0.25, -0.2) is 0 Å². The van der Waals surface area contributed by atoms with Crippen LogP contribution < -0.4 is 27.7 Å². The van der Waals surface area contributed by atoms with Crippen molar-refractivity contribution in [3.63, 3.8) is 0 Å². The number of benzene rings is 2. The first kappa shape index (κ1) is 23.2. The normalized spacial score (nSPS) is 15.1. The van der Waals surface area contributed by atoms with Gasteiger partial charge in [0.05, 0.1) is 0 Å². The molecule has 0 saturated carbocycles. The van der Waals surface area contributed by atoms with Gasteiger partial charge in [0.1, 0.15) is 0 Å². The number of anilines is 2. The molecule has 2 aromatic carbocycles. The van der Waals surface area contributed by atoms with Crippen LogP contribution in [0.1, 0.15) is 34.6 Å². The van der Waals surface area contributed by atoms with E-state index < -0.39 is 23.2 Å². The van der Waals surface area contributed by atoms with Crippen molar-refractivity contribution in [2.75, 3.05) is 2.89 Å². The van der Waals surface area contributed by atoms with Crippen LogP contribution in [0.3, 0.4) is 0 Å². The number of hydrogen-bond donors (Lipinski definition) is 0. The molecule has 0 aliphatic heterocycles. The minimum atomic E-state index is -1.26. The van der Waals surface area contributed by atoms with Crippen molar-refractivity contribution in [3.05, 3.63) is 80.7 Å². The zero-order valence-corrected chi connectivity index (χ0v) is 21.1. The molecule has 0 fully saturated rings. The van der Waals surface area contributed by atoms with E-state index in [4.69, 9.17) is 0 Å². The predicted octanol–water partition coefficient (Wildman–Crippen LogP) is 0.480. The van der Waals surface area contributed by atoms with Crippen LogP contribution >= 0.6 is 0 Å². The van der Waals surface area contributed by atoms with Crippen LogP contribution in [0.15, 0.2) is 80.7 Å². The summed E-state index contributed by atoms with van der Waals surface area (Å²) < 4.78 is 4.33. The summed E-state index contributed by atoms with van der Waals surface area (Å²) in [6.07, 6.45) is 0. The predicted molar refractivity (Wildman–Crippen MR) is 99.9 cm³/mol. The molecule has 4 heteroatoms. The molecular weight excluding hydrogens is 528 g/mol. The Morgan fingerprint density at radius 2 is 1.12 bits per heavy atom. The van der Waals surface area contributed by atoms with Crippen molar-refractivity contribution >= 4 is 11.4 Å². The Labute approximate surface area is 182 Å². The third-order valence-electron chi connectivity index (χ3n) is 5.31. The molecule has 0 bridgehead atoms. The zero-order chi connectivity index (χ0) is 17.3. The molecule has 0 N–H and O–H groups in total. The van der Waals surface area contributed by atoms with Gasteiger partial charge in [0.2, 0.25) is 0 Å². The molecular formula is C22H25Cl2HfN. The summed E-state index contributed by atoms with van der Waals surface area (Å²) in [5.74, 6) is 0. The Kier molecular flexibility index (Phi) is 8.38. The van der Waals surface area contributed by atoms with E-state index in [-0.39, 0.29) is 30.2 Å². The van der Waals surface area contributed by atoms with Gasteiger partial charge >= 0.3 is 158 Å². The molecule has 0 spiro atoms. The quantitative estimate of drug-likeness (QED) is 0.499. The first-order chi connectivity index (χ1) is 11.4. The number of halogens is 2. The van der Waals surface area contributed by atoms with Gasteiger partial charge in [-0.1, -0.05) is 0 Å². The van der Waals surface area contributed by atoms with Crippen molar-refractivity contribution < 1.29 is 48.0 Å². The zero-order valence-electron chi connectivity index (χ0n) is 16.0. The second kappa shape index (κ2) is 9.39. The van der Waals surface area contributed by atoms with Crippen LogP contribution in [-0.2, 0) is 23.2 Å². The van der Waals surface area contributed by atoms with E-state index in [1.807, 2.05) is 0 Å². The van der Waals surface area contributed by atoms with Crippen molar-refractivity contribution in [2.45, 2.75) is 34.6 Å². The van der Waals surface area contributed by atoms with E-state index >= 15 is 0 Å². The van der Waals surface area contributed by atoms with Gasteiger partial charge in [-0.15, -0.1) is 0 Å². The Hall–Kier alpha value is -0.830. The molecule has 0 unspecified atom stereocenters. The minimum Gasteiger partial charge on any atom is -1.00 e. The third-order valence-corrected chi connectivity index (χ3v) is 12.4. The maximum Gasteiger partial charge on any atom is -1.00 e. The van der Waals surface area contributed by atoms with Crippen molar-refractivity contribution in [2.24, 2.45) is 5.41 Å². The van der Waals surface area contributed by atoms with E-state index in [9.17, 15) is 0 Å². The van der Waals surface area contributed by atoms with Crippen molar-refractivity contribution in [1.29, 1.82) is 0 Å². The Balaban J connectivity index is 0.00000169. The van der Waals surface area contributed by atoms with Crippen LogP contribution in [0.5, 0.6) is 0 Å². The minimum absolute atomic E-state index is 0. The van der Waals surface area contributed by atoms with Crippen LogP contribution in [0.4, 0.5) is 11.4 Å². The van der Waals surface area contributed by atoms with Gasteiger partial charge in [0, 0.05) is 0 Å². The first-order valence-corrected chi connectivity index (χ1v) is 11.9. The van der Waals surface area contributed by atoms with Crippen LogP contribution in [0.2, 0.25) is 0 Å². The molecule has 3 rings (SSSR count). The Bertz CT molecular complexity index is 756. The average Bonchev–Trinajstić information content (AvgIpc) is 2.75. The number of nitrogens with zero attached hydrogens (tertiary/aromatic N) is 1. The van der Waals surface area contributed by atoms with Gasteiger partial charge in [0.15, 0.2) is 0 Å². The fraction of sp³-hybridized carbons (Fsp3) is 0.273. The summed E-state index contributed by atoms with van der Waals surface area (Å²) in [5.41, 5.74) is 7.44. The number of rotatable bonds is 4. The molecule has 0 atom stereocenters. The fourth-order valence-corrected chi connectivity index (χ4v) is 9.12. The second-order valence-corrected chi connectivity index (χ2v) is 11.2. The molecule has 136 valence electrons. The smallest absolute Gasteiger partial charge is 1.00 e. The van der Waals surface area contributed by atoms with Gasteiger partial charge in [-0.05, 0) is 0 Å². The van der Waals surface area contributed by atoms with Crippen LogP contribution in [0.25, 0.3) is 0 Å².